The van der Waals surface area contributed by atoms with Crippen LogP contribution in [0.25, 0.3) is 0 Å². The third kappa shape index (κ3) is 9.99. The zero-order valence-electron chi connectivity index (χ0n) is 14.1. The van der Waals surface area contributed by atoms with Gasteiger partial charge in [-0.2, -0.15) is 0 Å². The summed E-state index contributed by atoms with van der Waals surface area (Å²) in [6.07, 6.45) is 2.01. The van der Waals surface area contributed by atoms with Crippen molar-refractivity contribution in [1.82, 2.24) is 4.98 Å². The first-order chi connectivity index (χ1) is 10.2. The van der Waals surface area contributed by atoms with E-state index >= 15 is 0 Å². The van der Waals surface area contributed by atoms with Crippen molar-refractivity contribution < 1.29 is 49.8 Å². The number of carbonyl (C=O) groups excluding carboxylic acids is 4. The summed E-state index contributed by atoms with van der Waals surface area (Å²) in [5, 5.41) is 0. The van der Waals surface area contributed by atoms with E-state index in [9.17, 15) is 19.2 Å². The van der Waals surface area contributed by atoms with E-state index < -0.39 is 5.92 Å². The summed E-state index contributed by atoms with van der Waals surface area (Å²) >= 11 is 0. The average molecular weight is 352 g/mol. The Kier molecular flexibility index (Phi) is 12.4. The van der Waals surface area contributed by atoms with E-state index in [0.29, 0.717) is 6.42 Å². The van der Waals surface area contributed by atoms with Gasteiger partial charge in [0.15, 0.2) is 0 Å². The molecule has 1 rings (SSSR count). The number of ketones is 4. The molecule has 123 valence electrons. The molecular weight excluding hydrogens is 331 g/mol. The van der Waals surface area contributed by atoms with Crippen molar-refractivity contribution >= 4 is 23.1 Å². The fourth-order valence-corrected chi connectivity index (χ4v) is 1.79. The molecule has 23 heavy (non-hydrogen) atoms. The Bertz CT molecular complexity index is 538. The molecule has 0 saturated heterocycles. The maximum Gasteiger partial charge on any atom is 0.147 e. The molecule has 0 aliphatic rings. The minimum atomic E-state index is -1.03. The second-order valence-electron chi connectivity index (χ2n) is 4.83. The van der Waals surface area contributed by atoms with E-state index in [2.05, 4.69) is 4.98 Å². The maximum atomic E-state index is 10.7. The number of rotatable bonds is 6. The van der Waals surface area contributed by atoms with Gasteiger partial charge in [-0.1, -0.05) is 0 Å². The van der Waals surface area contributed by atoms with Crippen LogP contribution in [0.5, 0.6) is 5.75 Å². The molecule has 0 aliphatic heterocycles. The van der Waals surface area contributed by atoms with Gasteiger partial charge in [-0.15, -0.1) is 0 Å². The number of ether oxygens (including phenoxy) is 1. The van der Waals surface area contributed by atoms with Crippen molar-refractivity contribution in [2.45, 2.75) is 34.1 Å². The van der Waals surface area contributed by atoms with Gasteiger partial charge in [0.2, 0.25) is 0 Å². The van der Waals surface area contributed by atoms with Crippen LogP contribution >= 0.6 is 0 Å². The Morgan fingerprint density at radius 3 is 1.83 bits per heavy atom. The number of pyridine rings is 1. The standard InChI is InChI=1S/C9H11NO2.C7H10O3.Sc/c1-7(11)5-8-6-9(12-2)3-4-10-8;1-4(8)7(5(2)9)6(3)10;/h3-4,6H,5H2,1-2H3;7H,1-3H3;. The molecule has 1 heterocycles. The van der Waals surface area contributed by atoms with Crippen molar-refractivity contribution in [1.29, 1.82) is 0 Å². The molecule has 0 unspecified atom stereocenters. The van der Waals surface area contributed by atoms with E-state index in [4.69, 9.17) is 4.74 Å². The van der Waals surface area contributed by atoms with Crippen LogP contribution in [0.4, 0.5) is 0 Å². The zero-order valence-corrected chi connectivity index (χ0v) is 15.9. The van der Waals surface area contributed by atoms with Gasteiger partial charge in [0.1, 0.15) is 34.8 Å². The van der Waals surface area contributed by atoms with Gasteiger partial charge in [-0.3, -0.25) is 24.2 Å². The molecule has 0 bridgehead atoms. The summed E-state index contributed by atoms with van der Waals surface area (Å²) in [5.74, 6) is -1.31. The Morgan fingerprint density at radius 2 is 1.52 bits per heavy atom. The monoisotopic (exact) mass is 352 g/mol. The molecule has 1 radical (unpaired) electrons. The summed E-state index contributed by atoms with van der Waals surface area (Å²) in [5.41, 5.74) is 0.752. The van der Waals surface area contributed by atoms with Gasteiger partial charge in [0.25, 0.3) is 0 Å². The molecule has 0 atom stereocenters. The first kappa shape index (κ1) is 23.8. The molecular formula is C16H21NO5Sc. The molecule has 1 aromatic rings. The Labute approximate surface area is 154 Å². The van der Waals surface area contributed by atoms with Crippen LogP contribution in [0.3, 0.4) is 0 Å². The first-order valence-electron chi connectivity index (χ1n) is 6.68. The number of aromatic nitrogens is 1. The Balaban J connectivity index is 0. The zero-order chi connectivity index (χ0) is 17.3. The number of Topliss-reactive ketones (excluding diaryl/α,β-unsaturated/α-hetero) is 4. The molecule has 0 N–H and O–H groups in total. The predicted octanol–water partition coefficient (Wildman–Crippen LogP) is 1.59. The first-order valence-corrected chi connectivity index (χ1v) is 6.68. The smallest absolute Gasteiger partial charge is 0.147 e. The van der Waals surface area contributed by atoms with Crippen LogP contribution in [0.1, 0.15) is 33.4 Å². The maximum absolute atomic E-state index is 10.7. The summed E-state index contributed by atoms with van der Waals surface area (Å²) in [7, 11) is 1.59. The normalized spacial score (nSPS) is 9.13. The number of methoxy groups -OCH3 is 1. The largest absolute Gasteiger partial charge is 0.497 e. The van der Waals surface area contributed by atoms with E-state index in [1.165, 1.54) is 20.8 Å². The minimum absolute atomic E-state index is 0. The number of hydrogen-bond donors (Lipinski definition) is 0. The van der Waals surface area contributed by atoms with Crippen molar-refractivity contribution in [3.05, 3.63) is 24.0 Å². The quantitative estimate of drug-likeness (QED) is 0.722. The van der Waals surface area contributed by atoms with Crippen LogP contribution < -0.4 is 4.74 Å². The van der Waals surface area contributed by atoms with Crippen LogP contribution in [0.15, 0.2) is 18.3 Å². The van der Waals surface area contributed by atoms with Crippen molar-refractivity contribution in [3.63, 3.8) is 0 Å². The second kappa shape index (κ2) is 12.0. The van der Waals surface area contributed by atoms with E-state index in [1.54, 1.807) is 32.4 Å². The molecule has 0 saturated carbocycles. The summed E-state index contributed by atoms with van der Waals surface area (Å²) in [6.45, 7) is 5.27. The molecule has 0 amide bonds. The van der Waals surface area contributed by atoms with Gasteiger partial charge < -0.3 is 4.74 Å². The van der Waals surface area contributed by atoms with E-state index in [1.807, 2.05) is 0 Å². The number of nitrogens with zero attached hydrogens (tertiary/aromatic N) is 1. The van der Waals surface area contributed by atoms with Crippen LogP contribution in [0.2, 0.25) is 0 Å². The van der Waals surface area contributed by atoms with Crippen molar-refractivity contribution in [3.8, 4) is 5.75 Å². The second-order valence-corrected chi connectivity index (χ2v) is 4.83. The van der Waals surface area contributed by atoms with Gasteiger partial charge in [-0.25, -0.2) is 0 Å². The molecule has 0 fully saturated rings. The third-order valence-corrected chi connectivity index (χ3v) is 2.67. The van der Waals surface area contributed by atoms with Gasteiger partial charge in [0, 0.05) is 44.5 Å². The van der Waals surface area contributed by atoms with Crippen molar-refractivity contribution in [2.24, 2.45) is 5.92 Å². The minimum Gasteiger partial charge on any atom is -0.497 e. The SMILES string of the molecule is CC(=O)C(C(C)=O)C(C)=O.COc1ccnc(CC(C)=O)c1.[Sc]. The number of carbonyl (C=O) groups is 4. The molecule has 0 aliphatic carbocycles. The van der Waals surface area contributed by atoms with Crippen LogP contribution in [-0.2, 0) is 51.4 Å². The molecule has 6 nitrogen and oxygen atoms in total. The predicted molar refractivity (Wildman–Crippen MR) is 80.7 cm³/mol. The van der Waals surface area contributed by atoms with E-state index in [-0.39, 0.29) is 49.0 Å². The molecule has 0 aromatic carbocycles. The Morgan fingerprint density at radius 1 is 1.04 bits per heavy atom. The summed E-state index contributed by atoms with van der Waals surface area (Å²) < 4.78 is 4.99. The summed E-state index contributed by atoms with van der Waals surface area (Å²) in [6, 6.07) is 3.52. The van der Waals surface area contributed by atoms with E-state index in [0.717, 1.165) is 11.4 Å². The molecule has 1 aromatic heterocycles. The Hall–Kier alpha value is -1.50. The fourth-order valence-electron chi connectivity index (χ4n) is 1.79. The van der Waals surface area contributed by atoms with Crippen molar-refractivity contribution in [2.75, 3.05) is 7.11 Å². The summed E-state index contributed by atoms with van der Waals surface area (Å²) in [4.78, 5) is 46.5. The average Bonchev–Trinajstić information content (AvgIpc) is 2.37. The van der Waals surface area contributed by atoms with Gasteiger partial charge >= 0.3 is 0 Å². The fraction of sp³-hybridized carbons (Fsp3) is 0.438. The van der Waals surface area contributed by atoms with Gasteiger partial charge in [0.05, 0.1) is 12.8 Å². The molecule has 0 spiro atoms. The molecule has 7 heteroatoms. The number of hydrogen-bond acceptors (Lipinski definition) is 6. The topological polar surface area (TPSA) is 90.4 Å². The van der Waals surface area contributed by atoms with Gasteiger partial charge in [-0.05, 0) is 33.8 Å². The van der Waals surface area contributed by atoms with Crippen LogP contribution in [0, 0.1) is 5.92 Å². The van der Waals surface area contributed by atoms with Crippen LogP contribution in [-0.4, -0.2) is 35.2 Å². The third-order valence-electron chi connectivity index (χ3n) is 2.67.